The van der Waals surface area contributed by atoms with E-state index in [1.54, 1.807) is 11.3 Å². The molecule has 2 unspecified atom stereocenters. The van der Waals surface area contributed by atoms with Crippen LogP contribution in [0.4, 0.5) is 0 Å². The monoisotopic (exact) mass is 263 g/mol. The van der Waals surface area contributed by atoms with E-state index in [0.29, 0.717) is 6.04 Å². The Hall–Kier alpha value is -0.820. The number of rotatable bonds is 3. The molecule has 0 amide bonds. The van der Waals surface area contributed by atoms with Gasteiger partial charge in [0.25, 0.3) is 0 Å². The van der Waals surface area contributed by atoms with Crippen molar-refractivity contribution in [3.05, 3.63) is 21.9 Å². The maximum absolute atomic E-state index is 8.69. The number of hydrogen-bond donors (Lipinski definition) is 1. The molecule has 2 nitrogen and oxygen atoms in total. The van der Waals surface area contributed by atoms with E-state index >= 15 is 0 Å². The van der Waals surface area contributed by atoms with Crippen molar-refractivity contribution in [2.75, 3.05) is 6.61 Å². The first-order valence-corrected chi connectivity index (χ1v) is 7.50. The van der Waals surface area contributed by atoms with Gasteiger partial charge in [-0.05, 0) is 38.3 Å². The summed E-state index contributed by atoms with van der Waals surface area (Å²) in [6.45, 7) is 5.59. The van der Waals surface area contributed by atoms with Gasteiger partial charge >= 0.3 is 0 Å². The fourth-order valence-corrected chi connectivity index (χ4v) is 3.58. The van der Waals surface area contributed by atoms with Crippen molar-refractivity contribution in [1.82, 2.24) is 4.90 Å². The third-order valence-electron chi connectivity index (χ3n) is 3.71. The number of likely N-dealkylation sites (tertiary alicyclic amines) is 1. The molecule has 0 bridgehead atoms. The number of hydrogen-bond acceptors (Lipinski definition) is 3. The smallest absolute Gasteiger partial charge is 0.104 e. The summed E-state index contributed by atoms with van der Waals surface area (Å²) < 4.78 is 0. The third-order valence-corrected chi connectivity index (χ3v) is 4.70. The Bertz CT molecular complexity index is 443. The Balaban J connectivity index is 2.02. The summed E-state index contributed by atoms with van der Waals surface area (Å²) in [7, 11) is 0. The van der Waals surface area contributed by atoms with Gasteiger partial charge in [0.15, 0.2) is 0 Å². The van der Waals surface area contributed by atoms with Gasteiger partial charge in [-0.1, -0.05) is 18.8 Å². The zero-order valence-corrected chi connectivity index (χ0v) is 12.0. The molecule has 2 rings (SSSR count). The van der Waals surface area contributed by atoms with Crippen LogP contribution in [0.25, 0.3) is 0 Å². The van der Waals surface area contributed by atoms with Gasteiger partial charge in [0, 0.05) is 23.5 Å². The highest BCUT2D eigenvalue weighted by Gasteiger charge is 2.29. The Morgan fingerprint density at radius 3 is 3.00 bits per heavy atom. The molecule has 1 aliphatic rings. The molecule has 1 aromatic heterocycles. The summed E-state index contributed by atoms with van der Waals surface area (Å²) in [5.41, 5.74) is 0. The lowest BCUT2D eigenvalue weighted by Gasteiger charge is -2.26. The molecule has 2 heterocycles. The molecule has 98 valence electrons. The standard InChI is InChI=1S/C15H21NOS/c1-3-13-7-6-12(2)16(13)11-15-9-8-14(18-15)5-4-10-17/h8-9,12-13,17H,3,6-7,10-11H2,1-2H3. The predicted octanol–water partition coefficient (Wildman–Crippen LogP) is 2.85. The van der Waals surface area contributed by atoms with Crippen molar-refractivity contribution in [2.45, 2.75) is 51.7 Å². The molecule has 1 saturated heterocycles. The second kappa shape index (κ2) is 6.38. The molecule has 2 atom stereocenters. The Morgan fingerprint density at radius 1 is 1.44 bits per heavy atom. The molecule has 0 saturated carbocycles. The van der Waals surface area contributed by atoms with Crippen LogP contribution in [0.3, 0.4) is 0 Å². The van der Waals surface area contributed by atoms with E-state index in [2.05, 4.69) is 42.7 Å². The minimum atomic E-state index is -0.0612. The molecular formula is C15H21NOS. The van der Waals surface area contributed by atoms with Crippen LogP contribution in [0.5, 0.6) is 0 Å². The highest BCUT2D eigenvalue weighted by Crippen LogP contribution is 2.29. The summed E-state index contributed by atoms with van der Waals surface area (Å²) in [4.78, 5) is 5.05. The lowest BCUT2D eigenvalue weighted by atomic mass is 10.1. The maximum atomic E-state index is 8.69. The summed E-state index contributed by atoms with van der Waals surface area (Å²) >= 11 is 1.75. The van der Waals surface area contributed by atoms with E-state index in [9.17, 15) is 0 Å². The van der Waals surface area contributed by atoms with Crippen molar-refractivity contribution in [1.29, 1.82) is 0 Å². The van der Waals surface area contributed by atoms with Crippen LogP contribution in [0.1, 0.15) is 42.9 Å². The second-order valence-electron chi connectivity index (χ2n) is 4.89. The fraction of sp³-hybridized carbons (Fsp3) is 0.600. The van der Waals surface area contributed by atoms with Crippen molar-refractivity contribution < 1.29 is 5.11 Å². The van der Waals surface area contributed by atoms with E-state index < -0.39 is 0 Å². The summed E-state index contributed by atoms with van der Waals surface area (Å²) in [6.07, 6.45) is 3.90. The zero-order valence-electron chi connectivity index (χ0n) is 11.1. The van der Waals surface area contributed by atoms with Crippen LogP contribution in [0.15, 0.2) is 12.1 Å². The van der Waals surface area contributed by atoms with Crippen LogP contribution in [-0.2, 0) is 6.54 Å². The number of aliphatic hydroxyl groups excluding tert-OH is 1. The SMILES string of the molecule is CCC1CCC(C)N1Cc1ccc(C#CCO)s1. The van der Waals surface area contributed by atoms with Gasteiger partial charge in [-0.2, -0.15) is 0 Å². The second-order valence-corrected chi connectivity index (χ2v) is 6.05. The van der Waals surface area contributed by atoms with Crippen molar-refractivity contribution in [3.63, 3.8) is 0 Å². The molecule has 3 heteroatoms. The quantitative estimate of drug-likeness (QED) is 0.848. The average molecular weight is 263 g/mol. The third kappa shape index (κ3) is 3.14. The zero-order chi connectivity index (χ0) is 13.0. The minimum absolute atomic E-state index is 0.0612. The molecule has 1 fully saturated rings. The normalized spacial score (nSPS) is 23.9. The van der Waals surface area contributed by atoms with E-state index in [0.717, 1.165) is 17.5 Å². The molecule has 0 spiro atoms. The molecule has 1 aliphatic heterocycles. The van der Waals surface area contributed by atoms with Gasteiger partial charge in [-0.25, -0.2) is 0 Å². The Labute approximate surface area is 114 Å². The Kier molecular flexibility index (Phi) is 4.82. The lowest BCUT2D eigenvalue weighted by molar-refractivity contribution is 0.191. The van der Waals surface area contributed by atoms with E-state index in [1.807, 2.05) is 0 Å². The maximum Gasteiger partial charge on any atom is 0.104 e. The fourth-order valence-electron chi connectivity index (χ4n) is 2.69. The number of thiophene rings is 1. The van der Waals surface area contributed by atoms with Crippen molar-refractivity contribution >= 4 is 11.3 Å². The molecule has 18 heavy (non-hydrogen) atoms. The largest absolute Gasteiger partial charge is 0.384 e. The first-order valence-electron chi connectivity index (χ1n) is 6.68. The minimum Gasteiger partial charge on any atom is -0.384 e. The van der Waals surface area contributed by atoms with Gasteiger partial charge < -0.3 is 5.11 Å². The number of nitrogens with zero attached hydrogens (tertiary/aromatic N) is 1. The highest BCUT2D eigenvalue weighted by atomic mass is 32.1. The van der Waals surface area contributed by atoms with Gasteiger partial charge in [-0.15, -0.1) is 11.3 Å². The first-order chi connectivity index (χ1) is 8.74. The van der Waals surface area contributed by atoms with E-state index in [4.69, 9.17) is 5.11 Å². The highest BCUT2D eigenvalue weighted by molar-refractivity contribution is 7.12. The Morgan fingerprint density at radius 2 is 2.28 bits per heavy atom. The molecule has 0 aromatic carbocycles. The van der Waals surface area contributed by atoms with Crippen LogP contribution in [-0.4, -0.2) is 28.7 Å². The average Bonchev–Trinajstić information content (AvgIpc) is 2.96. The van der Waals surface area contributed by atoms with Crippen LogP contribution < -0.4 is 0 Å². The first kappa shape index (κ1) is 13.6. The summed E-state index contributed by atoms with van der Waals surface area (Å²) in [5, 5.41) is 8.69. The van der Waals surface area contributed by atoms with Crippen molar-refractivity contribution in [2.24, 2.45) is 0 Å². The van der Waals surface area contributed by atoms with Gasteiger partial charge in [0.1, 0.15) is 6.61 Å². The predicted molar refractivity (Wildman–Crippen MR) is 76.6 cm³/mol. The van der Waals surface area contributed by atoms with Gasteiger partial charge in [-0.3, -0.25) is 4.90 Å². The lowest BCUT2D eigenvalue weighted by Crippen LogP contribution is -2.33. The van der Waals surface area contributed by atoms with Crippen LogP contribution in [0.2, 0.25) is 0 Å². The molecular weight excluding hydrogens is 242 g/mol. The van der Waals surface area contributed by atoms with Crippen molar-refractivity contribution in [3.8, 4) is 11.8 Å². The summed E-state index contributed by atoms with van der Waals surface area (Å²) in [5.74, 6) is 5.68. The molecule has 1 aromatic rings. The van der Waals surface area contributed by atoms with Gasteiger partial charge in [0.05, 0.1) is 4.88 Å². The molecule has 1 N–H and O–H groups in total. The number of aliphatic hydroxyl groups is 1. The molecule has 0 radical (unpaired) electrons. The summed E-state index contributed by atoms with van der Waals surface area (Å²) in [6, 6.07) is 5.67. The van der Waals surface area contributed by atoms with E-state index in [1.165, 1.54) is 24.1 Å². The molecule has 0 aliphatic carbocycles. The van der Waals surface area contributed by atoms with Gasteiger partial charge in [0.2, 0.25) is 0 Å². The van der Waals surface area contributed by atoms with Crippen LogP contribution >= 0.6 is 11.3 Å². The topological polar surface area (TPSA) is 23.5 Å². The van der Waals surface area contributed by atoms with Crippen LogP contribution in [0, 0.1) is 11.8 Å². The van der Waals surface area contributed by atoms with E-state index in [-0.39, 0.29) is 6.61 Å².